The van der Waals surface area contributed by atoms with Crippen LogP contribution in [0.5, 0.6) is 0 Å². The molecule has 0 aromatic carbocycles. The van der Waals surface area contributed by atoms with Crippen LogP contribution in [0.3, 0.4) is 0 Å². The summed E-state index contributed by atoms with van der Waals surface area (Å²) < 4.78 is 31.3. The van der Waals surface area contributed by atoms with E-state index in [0.29, 0.717) is 32.3 Å². The summed E-state index contributed by atoms with van der Waals surface area (Å²) in [6.07, 6.45) is 1.75. The standard InChI is InChI=1S/C13H20N4O3S/c1-10(2)21(18,19)17-8-11-7-14-13(15-12(11)9-17)16-3-5-20-6-4-16/h7,10H,3-6,8-9H2,1-2H3. The van der Waals surface area contributed by atoms with Crippen LogP contribution in [0.15, 0.2) is 6.20 Å². The van der Waals surface area contributed by atoms with Crippen molar-refractivity contribution in [3.05, 3.63) is 17.5 Å². The minimum absolute atomic E-state index is 0.343. The predicted octanol–water partition coefficient (Wildman–Crippen LogP) is 0.367. The second-order valence-electron chi connectivity index (χ2n) is 5.60. The number of aromatic nitrogens is 2. The molecule has 8 heteroatoms. The van der Waals surface area contributed by atoms with E-state index >= 15 is 0 Å². The van der Waals surface area contributed by atoms with E-state index in [9.17, 15) is 8.42 Å². The Morgan fingerprint density at radius 3 is 2.62 bits per heavy atom. The maximum absolute atomic E-state index is 12.2. The van der Waals surface area contributed by atoms with Crippen molar-refractivity contribution in [1.82, 2.24) is 14.3 Å². The third-order valence-electron chi connectivity index (χ3n) is 3.86. The Hall–Kier alpha value is -1.25. The molecular formula is C13H20N4O3S. The summed E-state index contributed by atoms with van der Waals surface area (Å²) in [4.78, 5) is 11.0. The minimum Gasteiger partial charge on any atom is -0.378 e. The van der Waals surface area contributed by atoms with E-state index in [4.69, 9.17) is 4.74 Å². The van der Waals surface area contributed by atoms with Gasteiger partial charge in [0.25, 0.3) is 0 Å². The van der Waals surface area contributed by atoms with Gasteiger partial charge in [0.05, 0.1) is 30.7 Å². The fraction of sp³-hybridized carbons (Fsp3) is 0.692. The van der Waals surface area contributed by atoms with Gasteiger partial charge in [-0.15, -0.1) is 0 Å². The molecule has 1 saturated heterocycles. The van der Waals surface area contributed by atoms with Crippen molar-refractivity contribution in [3.8, 4) is 0 Å². The van der Waals surface area contributed by atoms with E-state index in [0.717, 1.165) is 24.3 Å². The highest BCUT2D eigenvalue weighted by molar-refractivity contribution is 7.89. The largest absolute Gasteiger partial charge is 0.378 e. The molecule has 0 amide bonds. The normalized spacial score (nSPS) is 20.0. The van der Waals surface area contributed by atoms with E-state index in [2.05, 4.69) is 14.9 Å². The smallest absolute Gasteiger partial charge is 0.225 e. The lowest BCUT2D eigenvalue weighted by Crippen LogP contribution is -2.37. The summed E-state index contributed by atoms with van der Waals surface area (Å²) in [6.45, 7) is 7.00. The second-order valence-corrected chi connectivity index (χ2v) is 8.09. The molecule has 2 aliphatic rings. The summed E-state index contributed by atoms with van der Waals surface area (Å²) in [5.74, 6) is 0.667. The molecule has 7 nitrogen and oxygen atoms in total. The van der Waals surface area contributed by atoms with Crippen molar-refractivity contribution >= 4 is 16.0 Å². The van der Waals surface area contributed by atoms with Crippen LogP contribution in [-0.2, 0) is 27.8 Å². The molecule has 0 aliphatic carbocycles. The molecule has 0 saturated carbocycles. The fourth-order valence-corrected chi connectivity index (χ4v) is 3.72. The molecule has 1 aromatic rings. The van der Waals surface area contributed by atoms with Gasteiger partial charge in [-0.3, -0.25) is 0 Å². The van der Waals surface area contributed by atoms with Crippen LogP contribution in [0.1, 0.15) is 25.1 Å². The summed E-state index contributed by atoms with van der Waals surface area (Å²) in [5.41, 5.74) is 1.71. The van der Waals surface area contributed by atoms with Gasteiger partial charge in [-0.05, 0) is 13.8 Å². The molecule has 0 unspecified atom stereocenters. The van der Waals surface area contributed by atoms with Crippen LogP contribution < -0.4 is 4.90 Å². The van der Waals surface area contributed by atoms with Crippen molar-refractivity contribution in [3.63, 3.8) is 0 Å². The molecule has 0 N–H and O–H groups in total. The first kappa shape index (κ1) is 14.7. The molecule has 0 spiro atoms. The maximum Gasteiger partial charge on any atom is 0.225 e. The minimum atomic E-state index is -3.25. The van der Waals surface area contributed by atoms with Gasteiger partial charge >= 0.3 is 0 Å². The molecule has 3 heterocycles. The number of rotatable bonds is 3. The van der Waals surface area contributed by atoms with E-state index in [1.165, 1.54) is 4.31 Å². The molecule has 2 aliphatic heterocycles. The Kier molecular flexibility index (Phi) is 3.85. The molecule has 3 rings (SSSR count). The quantitative estimate of drug-likeness (QED) is 0.802. The maximum atomic E-state index is 12.2. The number of morpholine rings is 1. The zero-order valence-corrected chi connectivity index (χ0v) is 13.1. The Morgan fingerprint density at radius 1 is 1.24 bits per heavy atom. The summed E-state index contributed by atoms with van der Waals surface area (Å²) in [6, 6.07) is 0. The Morgan fingerprint density at radius 2 is 1.95 bits per heavy atom. The van der Waals surface area contributed by atoms with E-state index in [-0.39, 0.29) is 0 Å². The van der Waals surface area contributed by atoms with E-state index < -0.39 is 15.3 Å². The molecule has 0 atom stereocenters. The third-order valence-corrected chi connectivity index (χ3v) is 6.03. The molecule has 116 valence electrons. The zero-order valence-electron chi connectivity index (χ0n) is 12.3. The highest BCUT2D eigenvalue weighted by Crippen LogP contribution is 2.26. The van der Waals surface area contributed by atoms with E-state index in [1.54, 1.807) is 20.0 Å². The van der Waals surface area contributed by atoms with Crippen molar-refractivity contribution < 1.29 is 13.2 Å². The first-order valence-corrected chi connectivity index (χ1v) is 8.65. The fourth-order valence-electron chi connectivity index (χ4n) is 2.51. The number of hydrogen-bond acceptors (Lipinski definition) is 6. The average molecular weight is 312 g/mol. The topological polar surface area (TPSA) is 75.6 Å². The first-order chi connectivity index (χ1) is 9.98. The Balaban J connectivity index is 1.81. The van der Waals surface area contributed by atoms with Crippen molar-refractivity contribution in [2.75, 3.05) is 31.2 Å². The molecule has 1 fully saturated rings. The lowest BCUT2D eigenvalue weighted by molar-refractivity contribution is 0.122. The molecule has 0 bridgehead atoms. The number of anilines is 1. The number of ether oxygens (including phenoxy) is 1. The second kappa shape index (κ2) is 5.51. The van der Waals surface area contributed by atoms with Gasteiger partial charge in [0.15, 0.2) is 0 Å². The third kappa shape index (κ3) is 2.75. The van der Waals surface area contributed by atoms with Gasteiger partial charge in [0, 0.05) is 31.4 Å². The number of nitrogens with zero attached hydrogens (tertiary/aromatic N) is 4. The zero-order chi connectivity index (χ0) is 15.0. The monoisotopic (exact) mass is 312 g/mol. The van der Waals surface area contributed by atoms with Crippen LogP contribution in [0.4, 0.5) is 5.95 Å². The SMILES string of the molecule is CC(C)S(=O)(=O)N1Cc2cnc(N3CCOCC3)nc2C1. The molecule has 1 aromatic heterocycles. The van der Waals surface area contributed by atoms with Crippen molar-refractivity contribution in [2.45, 2.75) is 32.2 Å². The van der Waals surface area contributed by atoms with Gasteiger partial charge < -0.3 is 9.64 Å². The highest BCUT2D eigenvalue weighted by Gasteiger charge is 2.33. The predicted molar refractivity (Wildman–Crippen MR) is 78.4 cm³/mol. The lowest BCUT2D eigenvalue weighted by Gasteiger charge is -2.26. The van der Waals surface area contributed by atoms with Crippen LogP contribution >= 0.6 is 0 Å². The number of sulfonamides is 1. The van der Waals surface area contributed by atoms with Gasteiger partial charge in [0.2, 0.25) is 16.0 Å². The number of fused-ring (bicyclic) bond motifs is 1. The van der Waals surface area contributed by atoms with Crippen LogP contribution in [0, 0.1) is 0 Å². The van der Waals surface area contributed by atoms with Gasteiger partial charge in [-0.2, -0.15) is 4.31 Å². The van der Waals surface area contributed by atoms with Crippen LogP contribution in [0.2, 0.25) is 0 Å². The summed E-state index contributed by atoms with van der Waals surface area (Å²) in [5, 5.41) is -0.418. The van der Waals surface area contributed by atoms with Gasteiger partial charge in [0.1, 0.15) is 0 Å². The van der Waals surface area contributed by atoms with Gasteiger partial charge in [-0.25, -0.2) is 18.4 Å². The molecule has 0 radical (unpaired) electrons. The van der Waals surface area contributed by atoms with Gasteiger partial charge in [-0.1, -0.05) is 0 Å². The lowest BCUT2D eigenvalue weighted by atomic mass is 10.3. The van der Waals surface area contributed by atoms with Crippen molar-refractivity contribution in [2.24, 2.45) is 0 Å². The van der Waals surface area contributed by atoms with Crippen LogP contribution in [0.25, 0.3) is 0 Å². The number of hydrogen-bond donors (Lipinski definition) is 0. The van der Waals surface area contributed by atoms with Crippen molar-refractivity contribution in [1.29, 1.82) is 0 Å². The van der Waals surface area contributed by atoms with Crippen LogP contribution in [-0.4, -0.2) is 54.2 Å². The Labute approximate surface area is 125 Å². The van der Waals surface area contributed by atoms with E-state index in [1.807, 2.05) is 0 Å². The average Bonchev–Trinajstić information content (AvgIpc) is 2.91. The molecule has 21 heavy (non-hydrogen) atoms. The summed E-state index contributed by atoms with van der Waals surface area (Å²) >= 11 is 0. The highest BCUT2D eigenvalue weighted by atomic mass is 32.2. The Bertz CT molecular complexity index is 626. The molecular weight excluding hydrogens is 292 g/mol. The summed E-state index contributed by atoms with van der Waals surface area (Å²) in [7, 11) is -3.25. The first-order valence-electron chi connectivity index (χ1n) is 7.15.